The normalized spacial score (nSPS) is 21.9. The number of carbonyl (C=O) groups excluding carboxylic acids is 1. The zero-order chi connectivity index (χ0) is 21.3. The van der Waals surface area contributed by atoms with Crippen LogP contribution in [0.5, 0.6) is 0 Å². The van der Waals surface area contributed by atoms with Crippen LogP contribution in [0.25, 0.3) is 0 Å². The molecule has 30 heavy (non-hydrogen) atoms. The lowest BCUT2D eigenvalue weighted by atomic mass is 10.1. The van der Waals surface area contributed by atoms with Crippen LogP contribution in [-0.4, -0.2) is 48.8 Å². The standard InChI is InChI=1S/C21H22ClN3O3S2/c1-2-14-5-3-4-6-17(14)23-20(26)11-29-21-24-18-12-30(27,28)13-19(18)25(21)16-9-7-15(22)8-10-16/h3-10,18-19H,2,11-13H2,1H3,(H,23,26)/t18-,19-/m1/s1. The number of thioether (sulfide) groups is 1. The molecular weight excluding hydrogens is 442 g/mol. The maximum absolute atomic E-state index is 12.6. The first-order chi connectivity index (χ1) is 14.4. The molecule has 2 atom stereocenters. The van der Waals surface area contributed by atoms with Gasteiger partial charge in [0.05, 0.1) is 29.3 Å². The van der Waals surface area contributed by atoms with E-state index in [1.165, 1.54) is 11.8 Å². The highest BCUT2D eigenvalue weighted by Crippen LogP contribution is 2.35. The number of carbonyl (C=O) groups is 1. The summed E-state index contributed by atoms with van der Waals surface area (Å²) in [6.45, 7) is 2.05. The third-order valence-corrected chi connectivity index (χ3v) is 8.13. The molecule has 0 aromatic heterocycles. The molecule has 0 unspecified atom stereocenters. The number of nitrogens with one attached hydrogen (secondary N) is 1. The molecule has 6 nitrogen and oxygen atoms in total. The Kier molecular flexibility index (Phi) is 6.09. The fourth-order valence-corrected chi connectivity index (χ4v) is 6.70. The molecule has 2 aliphatic heterocycles. The van der Waals surface area contributed by atoms with E-state index in [9.17, 15) is 13.2 Å². The number of hydrogen-bond donors (Lipinski definition) is 1. The number of nitrogens with zero attached hydrogens (tertiary/aromatic N) is 2. The summed E-state index contributed by atoms with van der Waals surface area (Å²) in [6.07, 6.45) is 0.832. The fourth-order valence-electron chi connectivity index (χ4n) is 3.80. The van der Waals surface area contributed by atoms with Crippen molar-refractivity contribution in [1.29, 1.82) is 0 Å². The van der Waals surface area contributed by atoms with E-state index in [-0.39, 0.29) is 35.2 Å². The predicted octanol–water partition coefficient (Wildman–Crippen LogP) is 3.62. The molecule has 2 aromatic rings. The number of fused-ring (bicyclic) bond motifs is 1. The molecule has 0 saturated carbocycles. The Hall–Kier alpha value is -2.03. The summed E-state index contributed by atoms with van der Waals surface area (Å²) < 4.78 is 24.2. The van der Waals surface area contributed by atoms with Gasteiger partial charge in [0.2, 0.25) is 5.91 Å². The first-order valence-electron chi connectivity index (χ1n) is 9.70. The van der Waals surface area contributed by atoms with Crippen LogP contribution in [0.3, 0.4) is 0 Å². The van der Waals surface area contributed by atoms with Crippen LogP contribution in [0.15, 0.2) is 53.5 Å². The lowest BCUT2D eigenvalue weighted by Gasteiger charge is -2.26. The number of benzene rings is 2. The smallest absolute Gasteiger partial charge is 0.234 e. The monoisotopic (exact) mass is 463 g/mol. The van der Waals surface area contributed by atoms with Crippen LogP contribution in [-0.2, 0) is 21.1 Å². The first-order valence-corrected chi connectivity index (χ1v) is 12.9. The minimum Gasteiger partial charge on any atom is -0.325 e. The van der Waals surface area contributed by atoms with Gasteiger partial charge in [0.15, 0.2) is 15.0 Å². The Bertz CT molecular complexity index is 1090. The van der Waals surface area contributed by atoms with E-state index in [2.05, 4.69) is 10.3 Å². The number of aliphatic imine (C=N–C) groups is 1. The minimum absolute atomic E-state index is 0.0435. The molecule has 1 saturated heterocycles. The largest absolute Gasteiger partial charge is 0.325 e. The molecule has 0 bridgehead atoms. The molecule has 1 fully saturated rings. The number of amidine groups is 1. The van der Waals surface area contributed by atoms with Crippen LogP contribution >= 0.6 is 23.4 Å². The molecule has 158 valence electrons. The molecule has 0 aliphatic carbocycles. The Morgan fingerprint density at radius 1 is 1.20 bits per heavy atom. The quantitative estimate of drug-likeness (QED) is 0.732. The summed E-state index contributed by atoms with van der Waals surface area (Å²) in [5, 5.41) is 4.24. The molecule has 1 N–H and O–H groups in total. The van der Waals surface area contributed by atoms with Crippen molar-refractivity contribution in [3.8, 4) is 0 Å². The van der Waals surface area contributed by atoms with Crippen molar-refractivity contribution in [3.63, 3.8) is 0 Å². The molecule has 2 heterocycles. The first kappa shape index (κ1) is 21.2. The van der Waals surface area contributed by atoms with Crippen molar-refractivity contribution in [2.45, 2.75) is 25.4 Å². The highest BCUT2D eigenvalue weighted by atomic mass is 35.5. The maximum atomic E-state index is 12.6. The predicted molar refractivity (Wildman–Crippen MR) is 125 cm³/mol. The van der Waals surface area contributed by atoms with Gasteiger partial charge in [-0.3, -0.25) is 9.79 Å². The highest BCUT2D eigenvalue weighted by Gasteiger charge is 2.47. The van der Waals surface area contributed by atoms with Crippen LogP contribution in [0.1, 0.15) is 12.5 Å². The zero-order valence-corrected chi connectivity index (χ0v) is 18.8. The molecule has 9 heteroatoms. The summed E-state index contributed by atoms with van der Waals surface area (Å²) >= 11 is 7.34. The van der Waals surface area contributed by atoms with Gasteiger partial charge in [0.1, 0.15) is 0 Å². The number of para-hydroxylation sites is 1. The number of aryl methyl sites for hydroxylation is 1. The number of anilines is 2. The van der Waals surface area contributed by atoms with Crippen molar-refractivity contribution < 1.29 is 13.2 Å². The molecule has 2 aromatic carbocycles. The van der Waals surface area contributed by atoms with Gasteiger partial charge >= 0.3 is 0 Å². The Labute approximate surface area is 185 Å². The van der Waals surface area contributed by atoms with Crippen LogP contribution in [0, 0.1) is 0 Å². The molecule has 0 radical (unpaired) electrons. The summed E-state index contributed by atoms with van der Waals surface area (Å²) in [7, 11) is -3.12. The summed E-state index contributed by atoms with van der Waals surface area (Å²) in [5.74, 6) is 0.170. The topological polar surface area (TPSA) is 78.8 Å². The SMILES string of the molecule is CCc1ccccc1NC(=O)CSC1=N[C@@H]2CS(=O)(=O)C[C@H]2N1c1ccc(Cl)cc1. The summed E-state index contributed by atoms with van der Waals surface area (Å²) in [6, 6.07) is 14.4. The van der Waals surface area contributed by atoms with Crippen molar-refractivity contribution in [3.05, 3.63) is 59.1 Å². The van der Waals surface area contributed by atoms with Crippen molar-refractivity contribution >= 4 is 55.6 Å². The Morgan fingerprint density at radius 2 is 1.93 bits per heavy atom. The van der Waals surface area contributed by atoms with Crippen LogP contribution in [0.4, 0.5) is 11.4 Å². The molecule has 1 amide bonds. The van der Waals surface area contributed by atoms with Gasteiger partial charge in [-0.05, 0) is 42.3 Å². The van der Waals surface area contributed by atoms with E-state index < -0.39 is 9.84 Å². The van der Waals surface area contributed by atoms with Gasteiger partial charge in [-0.2, -0.15) is 0 Å². The van der Waals surface area contributed by atoms with Crippen LogP contribution in [0.2, 0.25) is 5.02 Å². The Morgan fingerprint density at radius 3 is 2.67 bits per heavy atom. The van der Waals surface area contributed by atoms with Gasteiger partial charge < -0.3 is 10.2 Å². The third-order valence-electron chi connectivity index (χ3n) is 5.22. The number of rotatable bonds is 5. The number of amides is 1. The third kappa shape index (κ3) is 4.50. The highest BCUT2D eigenvalue weighted by molar-refractivity contribution is 8.14. The van der Waals surface area contributed by atoms with E-state index in [1.54, 1.807) is 12.1 Å². The van der Waals surface area contributed by atoms with Crippen molar-refractivity contribution in [2.75, 3.05) is 27.5 Å². The van der Waals surface area contributed by atoms with E-state index in [0.717, 1.165) is 23.4 Å². The van der Waals surface area contributed by atoms with Crippen LogP contribution < -0.4 is 10.2 Å². The molecule has 0 spiro atoms. The number of halogens is 1. The second-order valence-corrected chi connectivity index (χ2v) is 10.8. The van der Waals surface area contributed by atoms with Gasteiger partial charge in [-0.15, -0.1) is 0 Å². The lowest BCUT2D eigenvalue weighted by molar-refractivity contribution is -0.113. The number of hydrogen-bond acceptors (Lipinski definition) is 6. The summed E-state index contributed by atoms with van der Waals surface area (Å²) in [4.78, 5) is 19.1. The fraction of sp³-hybridized carbons (Fsp3) is 0.333. The summed E-state index contributed by atoms with van der Waals surface area (Å²) in [5.41, 5.74) is 2.72. The minimum atomic E-state index is -3.12. The lowest BCUT2D eigenvalue weighted by Crippen LogP contribution is -2.39. The second-order valence-electron chi connectivity index (χ2n) is 7.32. The van der Waals surface area contributed by atoms with E-state index in [4.69, 9.17) is 11.6 Å². The Balaban J connectivity index is 1.50. The van der Waals surface area contributed by atoms with Gasteiger partial charge in [0, 0.05) is 16.4 Å². The van der Waals surface area contributed by atoms with E-state index in [1.807, 2.05) is 48.2 Å². The molecule has 2 aliphatic rings. The van der Waals surface area contributed by atoms with E-state index >= 15 is 0 Å². The van der Waals surface area contributed by atoms with Crippen molar-refractivity contribution in [2.24, 2.45) is 4.99 Å². The maximum Gasteiger partial charge on any atom is 0.234 e. The van der Waals surface area contributed by atoms with E-state index in [0.29, 0.717) is 10.2 Å². The van der Waals surface area contributed by atoms with Gasteiger partial charge in [-0.25, -0.2) is 8.42 Å². The zero-order valence-electron chi connectivity index (χ0n) is 16.4. The van der Waals surface area contributed by atoms with Gasteiger partial charge in [0.25, 0.3) is 0 Å². The van der Waals surface area contributed by atoms with Crippen molar-refractivity contribution in [1.82, 2.24) is 0 Å². The second kappa shape index (κ2) is 8.61. The average molecular weight is 464 g/mol. The number of sulfone groups is 1. The molecular formula is C21H22ClN3O3S2. The van der Waals surface area contributed by atoms with Gasteiger partial charge in [-0.1, -0.05) is 48.5 Å². The molecule has 4 rings (SSSR count). The average Bonchev–Trinajstić information content (AvgIpc) is 3.18.